The van der Waals surface area contributed by atoms with Crippen LogP contribution < -0.4 is 5.32 Å². The van der Waals surface area contributed by atoms with Crippen LogP contribution in [0.2, 0.25) is 0 Å². The van der Waals surface area contributed by atoms with Crippen molar-refractivity contribution < 1.29 is 13.2 Å². The second kappa shape index (κ2) is 2.89. The van der Waals surface area contributed by atoms with Gasteiger partial charge in [0.05, 0.1) is 6.04 Å². The Morgan fingerprint density at radius 2 is 1.92 bits per heavy atom. The van der Waals surface area contributed by atoms with Crippen LogP contribution in [0.3, 0.4) is 0 Å². The van der Waals surface area contributed by atoms with E-state index in [1.165, 1.54) is 0 Å². The van der Waals surface area contributed by atoms with Crippen molar-refractivity contribution in [2.45, 2.75) is 43.9 Å². The van der Waals surface area contributed by atoms with Gasteiger partial charge in [-0.25, -0.2) is 0 Å². The van der Waals surface area contributed by atoms with E-state index in [4.69, 9.17) is 0 Å². The van der Waals surface area contributed by atoms with Gasteiger partial charge < -0.3 is 5.32 Å². The molecule has 0 aromatic rings. The highest BCUT2D eigenvalue weighted by molar-refractivity contribution is 5.89. The molecule has 0 aromatic heterocycles. The van der Waals surface area contributed by atoms with E-state index in [1.807, 2.05) is 0 Å². The summed E-state index contributed by atoms with van der Waals surface area (Å²) in [6.07, 6.45) is -0.686. The van der Waals surface area contributed by atoms with Crippen LogP contribution >= 0.6 is 0 Å². The summed E-state index contributed by atoms with van der Waals surface area (Å²) in [6.45, 7) is 0. The molecule has 5 heteroatoms. The zero-order valence-electron chi connectivity index (χ0n) is 7.06. The number of hydrogen-bond acceptors (Lipinski definition) is 2. The van der Waals surface area contributed by atoms with E-state index < -0.39 is 12.0 Å². The third-order valence-electron chi connectivity index (χ3n) is 2.62. The topological polar surface area (TPSA) is 24.4 Å². The molecule has 2 atom stereocenters. The van der Waals surface area contributed by atoms with Gasteiger partial charge in [0.1, 0.15) is 0 Å². The summed E-state index contributed by atoms with van der Waals surface area (Å²) in [5, 5.41) is 2.46. The largest absolute Gasteiger partial charge is 0.448 e. The number of rotatable bonds is 0. The van der Waals surface area contributed by atoms with Gasteiger partial charge in [0.2, 0.25) is 5.84 Å². The standard InChI is InChI=1S/C8H11F3N2/c9-8(10,11)7-12-5-3-1-2-4-6(5)13-7/h5-6H,1-4H2,(H,12,13). The van der Waals surface area contributed by atoms with Crippen LogP contribution in [0.25, 0.3) is 0 Å². The summed E-state index contributed by atoms with van der Waals surface area (Å²) in [5.41, 5.74) is 0. The van der Waals surface area contributed by atoms with Gasteiger partial charge >= 0.3 is 6.18 Å². The molecular weight excluding hydrogens is 181 g/mol. The molecule has 0 radical (unpaired) electrons. The maximum absolute atomic E-state index is 12.2. The lowest BCUT2D eigenvalue weighted by molar-refractivity contribution is -0.0613. The molecule has 0 amide bonds. The van der Waals surface area contributed by atoms with E-state index >= 15 is 0 Å². The van der Waals surface area contributed by atoms with E-state index in [0.29, 0.717) is 0 Å². The van der Waals surface area contributed by atoms with Crippen LogP contribution in [0.4, 0.5) is 13.2 Å². The number of halogens is 3. The number of hydrogen-bond donors (Lipinski definition) is 1. The predicted molar refractivity (Wildman–Crippen MR) is 42.7 cm³/mol. The molecule has 1 heterocycles. The van der Waals surface area contributed by atoms with Crippen molar-refractivity contribution in [3.8, 4) is 0 Å². The molecule has 2 unspecified atom stereocenters. The van der Waals surface area contributed by atoms with Crippen molar-refractivity contribution in [1.29, 1.82) is 0 Å². The van der Waals surface area contributed by atoms with Crippen molar-refractivity contribution in [2.75, 3.05) is 0 Å². The highest BCUT2D eigenvalue weighted by atomic mass is 19.4. The van der Waals surface area contributed by atoms with Gasteiger partial charge in [0.15, 0.2) is 0 Å². The lowest BCUT2D eigenvalue weighted by Crippen LogP contribution is -2.41. The first kappa shape index (κ1) is 8.84. The highest BCUT2D eigenvalue weighted by Crippen LogP contribution is 2.29. The fourth-order valence-corrected chi connectivity index (χ4v) is 1.97. The molecule has 0 spiro atoms. The van der Waals surface area contributed by atoms with Crippen LogP contribution in [0.15, 0.2) is 4.99 Å². The second-order valence-corrected chi connectivity index (χ2v) is 3.58. The predicted octanol–water partition coefficient (Wildman–Crippen LogP) is 1.86. The maximum atomic E-state index is 12.2. The summed E-state index contributed by atoms with van der Waals surface area (Å²) in [4.78, 5) is 3.66. The van der Waals surface area contributed by atoms with Crippen LogP contribution in [0.5, 0.6) is 0 Å². The van der Waals surface area contributed by atoms with Crippen molar-refractivity contribution in [1.82, 2.24) is 5.32 Å². The van der Waals surface area contributed by atoms with Crippen molar-refractivity contribution in [2.24, 2.45) is 4.99 Å². The first-order valence-electron chi connectivity index (χ1n) is 4.49. The summed E-state index contributed by atoms with van der Waals surface area (Å²) in [6, 6.07) is -0.198. The Kier molecular flexibility index (Phi) is 1.96. The Balaban J connectivity index is 2.09. The number of nitrogens with zero attached hydrogens (tertiary/aromatic N) is 1. The minimum absolute atomic E-state index is 0.0645. The lowest BCUT2D eigenvalue weighted by atomic mass is 9.92. The van der Waals surface area contributed by atoms with E-state index in [9.17, 15) is 13.2 Å². The van der Waals surface area contributed by atoms with Gasteiger partial charge in [-0.1, -0.05) is 12.8 Å². The zero-order chi connectivity index (χ0) is 9.47. The van der Waals surface area contributed by atoms with E-state index in [0.717, 1.165) is 25.7 Å². The van der Waals surface area contributed by atoms with Crippen molar-refractivity contribution in [3.63, 3.8) is 0 Å². The smallest absolute Gasteiger partial charge is 0.361 e. The average molecular weight is 192 g/mol. The molecule has 1 fully saturated rings. The fraction of sp³-hybridized carbons (Fsp3) is 0.875. The summed E-state index contributed by atoms with van der Waals surface area (Å²) < 4.78 is 36.6. The molecule has 1 saturated carbocycles. The third kappa shape index (κ3) is 1.64. The normalized spacial score (nSPS) is 33.6. The molecule has 1 aliphatic heterocycles. The average Bonchev–Trinajstić information content (AvgIpc) is 2.45. The molecule has 1 aliphatic carbocycles. The molecule has 13 heavy (non-hydrogen) atoms. The highest BCUT2D eigenvalue weighted by Gasteiger charge is 2.43. The number of fused-ring (bicyclic) bond motifs is 1. The fourth-order valence-electron chi connectivity index (χ4n) is 1.97. The van der Waals surface area contributed by atoms with Gasteiger partial charge in [-0.2, -0.15) is 13.2 Å². The Labute approximate surface area is 74.2 Å². The number of nitrogens with one attached hydrogen (secondary N) is 1. The molecule has 0 bridgehead atoms. The number of aliphatic imine (C=N–C) groups is 1. The van der Waals surface area contributed by atoms with Crippen LogP contribution in [-0.2, 0) is 0 Å². The lowest BCUT2D eigenvalue weighted by Gasteiger charge is -2.23. The molecule has 0 saturated heterocycles. The Morgan fingerprint density at radius 3 is 2.54 bits per heavy atom. The minimum atomic E-state index is -4.29. The molecule has 74 valence electrons. The van der Waals surface area contributed by atoms with Crippen molar-refractivity contribution in [3.05, 3.63) is 0 Å². The monoisotopic (exact) mass is 192 g/mol. The van der Waals surface area contributed by atoms with Gasteiger partial charge in [-0.05, 0) is 12.8 Å². The second-order valence-electron chi connectivity index (χ2n) is 3.58. The quantitative estimate of drug-likeness (QED) is 0.622. The van der Waals surface area contributed by atoms with Crippen LogP contribution in [-0.4, -0.2) is 24.1 Å². The Bertz CT molecular complexity index is 234. The van der Waals surface area contributed by atoms with Gasteiger partial charge in [-0.15, -0.1) is 0 Å². The maximum Gasteiger partial charge on any atom is 0.448 e. The van der Waals surface area contributed by atoms with Crippen LogP contribution in [0, 0.1) is 0 Å². The Hall–Kier alpha value is -0.740. The summed E-state index contributed by atoms with van der Waals surface area (Å²) >= 11 is 0. The van der Waals surface area contributed by atoms with Gasteiger partial charge in [-0.3, -0.25) is 4.99 Å². The Morgan fingerprint density at radius 1 is 1.23 bits per heavy atom. The van der Waals surface area contributed by atoms with E-state index in [2.05, 4.69) is 10.3 Å². The number of alkyl halides is 3. The van der Waals surface area contributed by atoms with Crippen LogP contribution in [0.1, 0.15) is 25.7 Å². The SMILES string of the molecule is FC(F)(F)C1=NC2CCCCC2N1. The third-order valence-corrected chi connectivity index (χ3v) is 2.62. The molecule has 1 N–H and O–H groups in total. The summed E-state index contributed by atoms with van der Waals surface area (Å²) in [7, 11) is 0. The van der Waals surface area contributed by atoms with E-state index in [-0.39, 0.29) is 12.1 Å². The first-order valence-corrected chi connectivity index (χ1v) is 4.49. The zero-order valence-corrected chi connectivity index (χ0v) is 7.06. The van der Waals surface area contributed by atoms with Gasteiger partial charge in [0.25, 0.3) is 0 Å². The molecule has 0 aromatic carbocycles. The minimum Gasteiger partial charge on any atom is -0.361 e. The molecular formula is C8H11F3N2. The van der Waals surface area contributed by atoms with Gasteiger partial charge in [0, 0.05) is 6.04 Å². The first-order chi connectivity index (χ1) is 6.07. The molecule has 2 aliphatic rings. The molecule has 2 nitrogen and oxygen atoms in total. The van der Waals surface area contributed by atoms with E-state index in [1.54, 1.807) is 0 Å². The summed E-state index contributed by atoms with van der Waals surface area (Å²) in [5.74, 6) is -0.774. The molecule has 2 rings (SSSR count). The number of amidine groups is 1. The van der Waals surface area contributed by atoms with Crippen molar-refractivity contribution >= 4 is 5.84 Å².